The first-order valence-electron chi connectivity index (χ1n) is 6.43. The second-order valence-corrected chi connectivity index (χ2v) is 5.05. The van der Waals surface area contributed by atoms with Crippen LogP contribution in [-0.2, 0) is 4.79 Å². The van der Waals surface area contributed by atoms with Gasteiger partial charge in [0.2, 0.25) is 0 Å². The van der Waals surface area contributed by atoms with Gasteiger partial charge in [-0.05, 0) is 12.3 Å². The van der Waals surface area contributed by atoms with Crippen LogP contribution >= 0.6 is 0 Å². The fourth-order valence-electron chi connectivity index (χ4n) is 2.51. The highest BCUT2D eigenvalue weighted by Crippen LogP contribution is 2.30. The molecule has 1 rings (SSSR count). The van der Waals surface area contributed by atoms with Gasteiger partial charge >= 0.3 is 5.92 Å². The minimum absolute atomic E-state index is 0.281. The summed E-state index contributed by atoms with van der Waals surface area (Å²) >= 11 is 0. The SMILES string of the molecule is CNC(=O)C(F)(F)[C@@H](O)[C@@H](N)CC1CCCCC1. The van der Waals surface area contributed by atoms with Crippen LogP contribution in [0.3, 0.4) is 0 Å². The third kappa shape index (κ3) is 3.62. The maximum Gasteiger partial charge on any atom is 0.351 e. The summed E-state index contributed by atoms with van der Waals surface area (Å²) in [6, 6.07) is -1.07. The van der Waals surface area contributed by atoms with Gasteiger partial charge in [-0.3, -0.25) is 4.79 Å². The summed E-state index contributed by atoms with van der Waals surface area (Å²) in [6.45, 7) is 0. The van der Waals surface area contributed by atoms with Gasteiger partial charge in [0, 0.05) is 13.1 Å². The van der Waals surface area contributed by atoms with E-state index in [0.717, 1.165) is 32.7 Å². The second kappa shape index (κ2) is 6.43. The Hall–Kier alpha value is -0.750. The lowest BCUT2D eigenvalue weighted by atomic mass is 9.83. The molecule has 0 heterocycles. The van der Waals surface area contributed by atoms with Crippen LogP contribution in [0.4, 0.5) is 8.78 Å². The van der Waals surface area contributed by atoms with E-state index in [1.807, 2.05) is 5.32 Å². The molecule has 106 valence electrons. The summed E-state index contributed by atoms with van der Waals surface area (Å²) in [7, 11) is 1.11. The third-order valence-electron chi connectivity index (χ3n) is 3.64. The van der Waals surface area contributed by atoms with Gasteiger partial charge in [0.15, 0.2) is 0 Å². The predicted molar refractivity (Wildman–Crippen MR) is 64.2 cm³/mol. The topological polar surface area (TPSA) is 75.3 Å². The van der Waals surface area contributed by atoms with E-state index in [0.29, 0.717) is 6.42 Å². The fraction of sp³-hybridized carbons (Fsp3) is 0.917. The zero-order valence-corrected chi connectivity index (χ0v) is 10.7. The molecule has 0 radical (unpaired) electrons. The van der Waals surface area contributed by atoms with E-state index in [1.165, 1.54) is 6.42 Å². The predicted octanol–water partition coefficient (Wildman–Crippen LogP) is 1.03. The molecular weight excluding hydrogens is 242 g/mol. The average molecular weight is 264 g/mol. The maximum atomic E-state index is 13.5. The normalized spacial score (nSPS) is 21.4. The molecule has 1 saturated carbocycles. The summed E-state index contributed by atoms with van der Waals surface area (Å²) in [5, 5.41) is 11.4. The molecule has 1 aliphatic rings. The molecule has 18 heavy (non-hydrogen) atoms. The van der Waals surface area contributed by atoms with E-state index >= 15 is 0 Å². The number of aliphatic hydroxyl groups is 1. The Balaban J connectivity index is 2.53. The van der Waals surface area contributed by atoms with E-state index in [4.69, 9.17) is 5.73 Å². The van der Waals surface area contributed by atoms with E-state index in [-0.39, 0.29) is 5.92 Å². The van der Waals surface area contributed by atoms with Crippen molar-refractivity contribution < 1.29 is 18.7 Å². The van der Waals surface area contributed by atoms with Gasteiger partial charge in [-0.1, -0.05) is 32.1 Å². The number of alkyl halides is 2. The molecule has 1 aliphatic carbocycles. The number of carbonyl (C=O) groups is 1. The van der Waals surface area contributed by atoms with Crippen LogP contribution in [0.15, 0.2) is 0 Å². The number of amides is 1. The average Bonchev–Trinajstić information content (AvgIpc) is 2.37. The highest BCUT2D eigenvalue weighted by atomic mass is 19.3. The number of hydrogen-bond acceptors (Lipinski definition) is 3. The van der Waals surface area contributed by atoms with Crippen molar-refractivity contribution in [2.75, 3.05) is 7.05 Å². The van der Waals surface area contributed by atoms with Gasteiger partial charge in [0.25, 0.3) is 5.91 Å². The maximum absolute atomic E-state index is 13.5. The molecule has 4 nitrogen and oxygen atoms in total. The number of nitrogens with one attached hydrogen (secondary N) is 1. The van der Waals surface area contributed by atoms with Crippen molar-refractivity contribution in [3.8, 4) is 0 Å². The van der Waals surface area contributed by atoms with Crippen molar-refractivity contribution in [1.82, 2.24) is 5.32 Å². The first-order valence-corrected chi connectivity index (χ1v) is 6.43. The van der Waals surface area contributed by atoms with Crippen LogP contribution in [0, 0.1) is 5.92 Å². The molecule has 0 saturated heterocycles. The monoisotopic (exact) mass is 264 g/mol. The van der Waals surface area contributed by atoms with Crippen molar-refractivity contribution in [2.45, 2.75) is 56.6 Å². The van der Waals surface area contributed by atoms with Crippen LogP contribution in [0.5, 0.6) is 0 Å². The minimum Gasteiger partial charge on any atom is -0.385 e. The van der Waals surface area contributed by atoms with Crippen LogP contribution < -0.4 is 11.1 Å². The van der Waals surface area contributed by atoms with Gasteiger partial charge < -0.3 is 16.2 Å². The summed E-state index contributed by atoms with van der Waals surface area (Å²) in [4.78, 5) is 11.0. The van der Waals surface area contributed by atoms with Gasteiger partial charge in [0.05, 0.1) is 0 Å². The summed E-state index contributed by atoms with van der Waals surface area (Å²) in [5.41, 5.74) is 5.62. The largest absolute Gasteiger partial charge is 0.385 e. The molecule has 0 aromatic carbocycles. The molecular formula is C12H22F2N2O2. The zero-order chi connectivity index (χ0) is 13.8. The Bertz CT molecular complexity index is 281. The highest BCUT2D eigenvalue weighted by molar-refractivity contribution is 5.83. The highest BCUT2D eigenvalue weighted by Gasteiger charge is 2.48. The number of halogens is 2. The van der Waals surface area contributed by atoms with Crippen LogP contribution in [-0.4, -0.2) is 36.1 Å². The first-order chi connectivity index (χ1) is 8.39. The summed E-state index contributed by atoms with van der Waals surface area (Å²) in [6.07, 6.45) is 3.48. The third-order valence-corrected chi connectivity index (χ3v) is 3.64. The number of rotatable bonds is 5. The van der Waals surface area contributed by atoms with Gasteiger partial charge in [-0.25, -0.2) is 0 Å². The molecule has 4 N–H and O–H groups in total. The van der Waals surface area contributed by atoms with E-state index in [9.17, 15) is 18.7 Å². The molecule has 2 atom stereocenters. The molecule has 0 spiro atoms. The number of hydrogen-bond donors (Lipinski definition) is 3. The van der Waals surface area contributed by atoms with E-state index in [1.54, 1.807) is 0 Å². The Morgan fingerprint density at radius 3 is 2.50 bits per heavy atom. The van der Waals surface area contributed by atoms with E-state index < -0.39 is 24.0 Å². The Morgan fingerprint density at radius 2 is 2.00 bits per heavy atom. The quantitative estimate of drug-likeness (QED) is 0.694. The number of nitrogens with two attached hydrogens (primary N) is 1. The van der Waals surface area contributed by atoms with Crippen molar-refractivity contribution in [1.29, 1.82) is 0 Å². The second-order valence-electron chi connectivity index (χ2n) is 5.05. The summed E-state index contributed by atoms with van der Waals surface area (Å²) < 4.78 is 26.9. The Labute approximate surface area is 106 Å². The van der Waals surface area contributed by atoms with Crippen LogP contribution in [0.1, 0.15) is 38.5 Å². The van der Waals surface area contributed by atoms with Gasteiger partial charge in [0.1, 0.15) is 6.10 Å². The molecule has 1 amide bonds. The van der Waals surface area contributed by atoms with Crippen molar-refractivity contribution in [2.24, 2.45) is 11.7 Å². The summed E-state index contributed by atoms with van der Waals surface area (Å²) in [5.74, 6) is -5.04. The van der Waals surface area contributed by atoms with Crippen LogP contribution in [0.2, 0.25) is 0 Å². The minimum atomic E-state index is -3.83. The van der Waals surface area contributed by atoms with Gasteiger partial charge in [-0.15, -0.1) is 0 Å². The van der Waals surface area contributed by atoms with Crippen LogP contribution in [0.25, 0.3) is 0 Å². The van der Waals surface area contributed by atoms with Crippen molar-refractivity contribution in [3.63, 3.8) is 0 Å². The Morgan fingerprint density at radius 1 is 1.44 bits per heavy atom. The first kappa shape index (κ1) is 15.3. The Kier molecular flexibility index (Phi) is 5.47. The lowest BCUT2D eigenvalue weighted by Crippen LogP contribution is -2.55. The molecule has 0 bridgehead atoms. The van der Waals surface area contributed by atoms with Gasteiger partial charge in [-0.2, -0.15) is 8.78 Å². The number of carbonyl (C=O) groups excluding carboxylic acids is 1. The molecule has 0 aromatic heterocycles. The van der Waals surface area contributed by atoms with Crippen molar-refractivity contribution >= 4 is 5.91 Å². The smallest absolute Gasteiger partial charge is 0.351 e. The number of aliphatic hydroxyl groups excluding tert-OH is 1. The lowest BCUT2D eigenvalue weighted by Gasteiger charge is -2.30. The van der Waals surface area contributed by atoms with Crippen molar-refractivity contribution in [3.05, 3.63) is 0 Å². The molecule has 1 fully saturated rings. The fourth-order valence-corrected chi connectivity index (χ4v) is 2.51. The standard InChI is InChI=1S/C12H22F2N2O2/c1-16-11(18)12(13,14)10(17)9(15)7-8-5-3-2-4-6-8/h8-10,17H,2-7,15H2,1H3,(H,16,18)/t9-,10-/m0/s1. The molecule has 0 aromatic rings. The molecule has 6 heteroatoms. The lowest BCUT2D eigenvalue weighted by molar-refractivity contribution is -0.165. The molecule has 0 aliphatic heterocycles. The zero-order valence-electron chi connectivity index (χ0n) is 10.7. The molecule has 0 unspecified atom stereocenters. The van der Waals surface area contributed by atoms with E-state index in [2.05, 4.69) is 0 Å².